The number of piperazine rings is 1. The Morgan fingerprint density at radius 2 is 1.73 bits per heavy atom. The molecule has 7 heteroatoms. The molecule has 1 fully saturated rings. The second-order valence-electron chi connectivity index (χ2n) is 7.31. The smallest absolute Gasteiger partial charge is 0.291 e. The summed E-state index contributed by atoms with van der Waals surface area (Å²) in [6.45, 7) is 5.32. The highest BCUT2D eigenvalue weighted by Gasteiger charge is 2.28. The van der Waals surface area contributed by atoms with Crippen LogP contribution in [0.4, 0.5) is 5.69 Å². The minimum atomic E-state index is -0.308. The normalized spacial score (nSPS) is 14.7. The van der Waals surface area contributed by atoms with Gasteiger partial charge in [-0.1, -0.05) is 12.1 Å². The zero-order valence-electron chi connectivity index (χ0n) is 17.2. The lowest BCUT2D eigenvalue weighted by molar-refractivity contribution is 0.0636. The molecule has 0 radical (unpaired) electrons. The molecule has 7 nitrogen and oxygen atoms in total. The van der Waals surface area contributed by atoms with Crippen molar-refractivity contribution in [2.75, 3.05) is 45.2 Å². The highest BCUT2D eigenvalue weighted by molar-refractivity contribution is 6.14. The van der Waals surface area contributed by atoms with E-state index >= 15 is 0 Å². The van der Waals surface area contributed by atoms with E-state index in [4.69, 9.17) is 9.15 Å². The molecule has 1 aromatic heterocycles. The molecule has 1 saturated heterocycles. The van der Waals surface area contributed by atoms with Crippen LogP contribution in [0.3, 0.4) is 0 Å². The van der Waals surface area contributed by atoms with Gasteiger partial charge in [0.25, 0.3) is 11.8 Å². The molecule has 0 atom stereocenters. The molecule has 0 spiro atoms. The number of ether oxygens (including phenoxy) is 1. The molecule has 0 aliphatic carbocycles. The topological polar surface area (TPSA) is 75.0 Å². The van der Waals surface area contributed by atoms with Crippen LogP contribution in [0, 0.1) is 0 Å². The van der Waals surface area contributed by atoms with Crippen molar-refractivity contribution in [2.24, 2.45) is 0 Å². The largest absolute Gasteiger partial charge is 0.494 e. The first-order valence-corrected chi connectivity index (χ1v) is 10.1. The van der Waals surface area contributed by atoms with Crippen LogP contribution >= 0.6 is 0 Å². The van der Waals surface area contributed by atoms with Crippen molar-refractivity contribution in [1.29, 1.82) is 0 Å². The Bertz CT molecular complexity index is 1050. The Morgan fingerprint density at radius 1 is 1.03 bits per heavy atom. The van der Waals surface area contributed by atoms with Crippen LogP contribution in [-0.4, -0.2) is 61.4 Å². The molecule has 0 bridgehead atoms. The molecule has 156 valence electrons. The molecule has 2 aromatic carbocycles. The van der Waals surface area contributed by atoms with E-state index in [1.165, 1.54) is 0 Å². The Kier molecular flexibility index (Phi) is 5.72. The summed E-state index contributed by atoms with van der Waals surface area (Å²) in [6.07, 6.45) is 0. The first-order chi connectivity index (χ1) is 14.6. The summed E-state index contributed by atoms with van der Waals surface area (Å²) < 4.78 is 11.3. The van der Waals surface area contributed by atoms with Gasteiger partial charge in [-0.25, -0.2) is 0 Å². The molecule has 2 heterocycles. The van der Waals surface area contributed by atoms with Gasteiger partial charge >= 0.3 is 0 Å². The van der Waals surface area contributed by atoms with Crippen LogP contribution < -0.4 is 10.1 Å². The first kappa shape index (κ1) is 20.0. The number of hydrogen-bond donors (Lipinski definition) is 1. The molecule has 1 aliphatic rings. The lowest BCUT2D eigenvalue weighted by Crippen LogP contribution is -2.47. The van der Waals surface area contributed by atoms with Crippen LogP contribution in [0.5, 0.6) is 5.75 Å². The van der Waals surface area contributed by atoms with Gasteiger partial charge < -0.3 is 24.3 Å². The van der Waals surface area contributed by atoms with Gasteiger partial charge in [-0.15, -0.1) is 0 Å². The highest BCUT2D eigenvalue weighted by atomic mass is 16.5. The van der Waals surface area contributed by atoms with Gasteiger partial charge in [0.2, 0.25) is 5.76 Å². The van der Waals surface area contributed by atoms with E-state index in [0.29, 0.717) is 47.7 Å². The fourth-order valence-corrected chi connectivity index (χ4v) is 3.53. The molecule has 1 N–H and O–H groups in total. The monoisotopic (exact) mass is 407 g/mol. The lowest BCUT2D eigenvalue weighted by atomic mass is 10.1. The van der Waals surface area contributed by atoms with Crippen LogP contribution in [0.1, 0.15) is 27.8 Å². The molecular weight excluding hydrogens is 382 g/mol. The molecular formula is C23H25N3O4. The zero-order chi connectivity index (χ0) is 21.1. The number of nitrogens with one attached hydrogen (secondary N) is 1. The SMILES string of the molecule is CCOc1ccc(C(=O)Nc2c(C(=O)N3CCN(C)CC3)oc3ccccc23)cc1. The van der Waals surface area contributed by atoms with Crippen molar-refractivity contribution in [3.8, 4) is 5.75 Å². The molecule has 4 rings (SSSR count). The first-order valence-electron chi connectivity index (χ1n) is 10.1. The lowest BCUT2D eigenvalue weighted by Gasteiger charge is -2.32. The third-order valence-corrected chi connectivity index (χ3v) is 5.25. The summed E-state index contributed by atoms with van der Waals surface area (Å²) in [4.78, 5) is 30.0. The van der Waals surface area contributed by atoms with Gasteiger partial charge in [-0.2, -0.15) is 0 Å². The number of hydrogen-bond acceptors (Lipinski definition) is 5. The van der Waals surface area contributed by atoms with Crippen LogP contribution in [-0.2, 0) is 0 Å². The molecule has 30 heavy (non-hydrogen) atoms. The van der Waals surface area contributed by atoms with Crippen molar-refractivity contribution in [1.82, 2.24) is 9.80 Å². The second-order valence-corrected chi connectivity index (χ2v) is 7.31. The predicted octanol–water partition coefficient (Wildman–Crippen LogP) is 3.47. The molecule has 3 aromatic rings. The second kappa shape index (κ2) is 8.59. The third-order valence-electron chi connectivity index (χ3n) is 5.25. The number of carbonyl (C=O) groups excluding carboxylic acids is 2. The van der Waals surface area contributed by atoms with E-state index in [0.717, 1.165) is 13.1 Å². The predicted molar refractivity (Wildman–Crippen MR) is 115 cm³/mol. The van der Waals surface area contributed by atoms with E-state index < -0.39 is 0 Å². The Labute approximate surface area is 175 Å². The summed E-state index contributed by atoms with van der Waals surface area (Å²) in [5.74, 6) is 0.354. The number of benzene rings is 2. The maximum Gasteiger partial charge on any atom is 0.291 e. The average Bonchev–Trinajstić information content (AvgIpc) is 3.13. The summed E-state index contributed by atoms with van der Waals surface area (Å²) in [7, 11) is 2.03. The van der Waals surface area contributed by atoms with Crippen LogP contribution in [0.2, 0.25) is 0 Å². The van der Waals surface area contributed by atoms with E-state index in [1.54, 1.807) is 35.2 Å². The van der Waals surface area contributed by atoms with Crippen molar-refractivity contribution in [3.05, 3.63) is 59.9 Å². The van der Waals surface area contributed by atoms with E-state index in [9.17, 15) is 9.59 Å². The van der Waals surface area contributed by atoms with E-state index in [1.807, 2.05) is 32.2 Å². The van der Waals surface area contributed by atoms with Crippen molar-refractivity contribution >= 4 is 28.5 Å². The summed E-state index contributed by atoms with van der Waals surface area (Å²) in [5.41, 5.74) is 1.45. The molecule has 0 unspecified atom stereocenters. The number of amides is 2. The maximum atomic E-state index is 13.2. The third kappa shape index (κ3) is 4.02. The molecule has 2 amide bonds. The molecule has 0 saturated carbocycles. The average molecular weight is 407 g/mol. The van der Waals surface area contributed by atoms with Crippen LogP contribution in [0.15, 0.2) is 52.9 Å². The Balaban J connectivity index is 1.63. The summed E-state index contributed by atoms with van der Waals surface area (Å²) >= 11 is 0. The van der Waals surface area contributed by atoms with Gasteiger partial charge in [-0.05, 0) is 50.4 Å². The standard InChI is InChI=1S/C23H25N3O4/c1-3-29-17-10-8-16(9-11-17)22(27)24-20-18-6-4-5-7-19(18)30-21(20)23(28)26-14-12-25(2)13-15-26/h4-11H,3,12-15H2,1-2H3,(H,24,27). The van der Waals surface area contributed by atoms with Crippen LogP contribution in [0.25, 0.3) is 11.0 Å². The Morgan fingerprint density at radius 3 is 2.43 bits per heavy atom. The van der Waals surface area contributed by atoms with Crippen molar-refractivity contribution in [3.63, 3.8) is 0 Å². The minimum absolute atomic E-state index is 0.167. The van der Waals surface area contributed by atoms with Gasteiger partial charge in [0.05, 0.1) is 6.61 Å². The Hall–Kier alpha value is -3.32. The fourth-order valence-electron chi connectivity index (χ4n) is 3.53. The summed E-state index contributed by atoms with van der Waals surface area (Å²) in [5, 5.41) is 3.60. The maximum absolute atomic E-state index is 13.2. The number of furan rings is 1. The van der Waals surface area contributed by atoms with Gasteiger partial charge in [0.15, 0.2) is 0 Å². The number of rotatable bonds is 5. The van der Waals surface area contributed by atoms with Gasteiger partial charge in [0.1, 0.15) is 17.0 Å². The number of fused-ring (bicyclic) bond motifs is 1. The quantitative estimate of drug-likeness (QED) is 0.701. The van der Waals surface area contributed by atoms with Crippen molar-refractivity contribution in [2.45, 2.75) is 6.92 Å². The van der Waals surface area contributed by atoms with Crippen molar-refractivity contribution < 1.29 is 18.7 Å². The highest BCUT2D eigenvalue weighted by Crippen LogP contribution is 2.32. The van der Waals surface area contributed by atoms with Gasteiger partial charge in [0, 0.05) is 37.1 Å². The number of nitrogens with zero attached hydrogens (tertiary/aromatic N) is 2. The zero-order valence-corrected chi connectivity index (χ0v) is 17.2. The minimum Gasteiger partial charge on any atom is -0.494 e. The van der Waals surface area contributed by atoms with E-state index in [2.05, 4.69) is 10.2 Å². The number of para-hydroxylation sites is 1. The van der Waals surface area contributed by atoms with E-state index in [-0.39, 0.29) is 17.6 Å². The number of carbonyl (C=O) groups is 2. The molecule has 1 aliphatic heterocycles. The number of likely N-dealkylation sites (N-methyl/N-ethyl adjacent to an activating group) is 1. The summed E-state index contributed by atoms with van der Waals surface area (Å²) in [6, 6.07) is 14.2. The fraction of sp³-hybridized carbons (Fsp3) is 0.304. The van der Waals surface area contributed by atoms with Gasteiger partial charge in [-0.3, -0.25) is 9.59 Å². The number of anilines is 1.